The number of ether oxygens (including phenoxy) is 2. The molecule has 20 heavy (non-hydrogen) atoms. The molecule has 0 aromatic heterocycles. The van der Waals surface area contributed by atoms with Gasteiger partial charge < -0.3 is 9.47 Å². The van der Waals surface area contributed by atoms with Crippen molar-refractivity contribution in [2.45, 2.75) is 26.2 Å². The van der Waals surface area contributed by atoms with Crippen LogP contribution in [0.5, 0.6) is 11.5 Å². The molecular formula is C18H22O2. The highest BCUT2D eigenvalue weighted by Crippen LogP contribution is 2.38. The van der Waals surface area contributed by atoms with Gasteiger partial charge in [0.15, 0.2) is 0 Å². The van der Waals surface area contributed by atoms with Gasteiger partial charge in [-0.05, 0) is 28.7 Å². The molecule has 0 spiro atoms. The fourth-order valence-electron chi connectivity index (χ4n) is 2.27. The lowest BCUT2D eigenvalue weighted by Crippen LogP contribution is -2.10. The minimum atomic E-state index is 0.156. The van der Waals surface area contributed by atoms with E-state index in [0.29, 0.717) is 0 Å². The van der Waals surface area contributed by atoms with Gasteiger partial charge in [-0.3, -0.25) is 0 Å². The highest BCUT2D eigenvalue weighted by atomic mass is 16.5. The molecule has 0 amide bonds. The molecule has 2 heteroatoms. The third kappa shape index (κ3) is 2.79. The summed E-state index contributed by atoms with van der Waals surface area (Å²) in [6.45, 7) is 6.64. The van der Waals surface area contributed by atoms with E-state index in [1.807, 2.05) is 18.2 Å². The van der Waals surface area contributed by atoms with Crippen molar-refractivity contribution < 1.29 is 9.47 Å². The van der Waals surface area contributed by atoms with Crippen LogP contribution in [0.3, 0.4) is 0 Å². The average molecular weight is 270 g/mol. The summed E-state index contributed by atoms with van der Waals surface area (Å²) in [6, 6.07) is 14.4. The van der Waals surface area contributed by atoms with E-state index < -0.39 is 0 Å². The Morgan fingerprint density at radius 2 is 1.25 bits per heavy atom. The lowest BCUT2D eigenvalue weighted by atomic mass is 9.86. The van der Waals surface area contributed by atoms with E-state index in [1.54, 1.807) is 14.2 Å². The maximum Gasteiger partial charge on any atom is 0.130 e. The monoisotopic (exact) mass is 270 g/mol. The fraction of sp³-hybridized carbons (Fsp3) is 0.333. The highest BCUT2D eigenvalue weighted by Gasteiger charge is 2.15. The molecule has 2 nitrogen and oxygen atoms in total. The van der Waals surface area contributed by atoms with Gasteiger partial charge in [0.2, 0.25) is 0 Å². The van der Waals surface area contributed by atoms with E-state index >= 15 is 0 Å². The van der Waals surface area contributed by atoms with Crippen molar-refractivity contribution in [3.63, 3.8) is 0 Å². The van der Waals surface area contributed by atoms with Gasteiger partial charge >= 0.3 is 0 Å². The molecular weight excluding hydrogens is 248 g/mol. The molecule has 2 aromatic carbocycles. The Kier molecular flexibility index (Phi) is 4.03. The van der Waals surface area contributed by atoms with Gasteiger partial charge in [0.25, 0.3) is 0 Å². The van der Waals surface area contributed by atoms with Crippen LogP contribution in [0.2, 0.25) is 0 Å². The maximum absolute atomic E-state index is 5.46. The Labute approximate surface area is 121 Å². The van der Waals surface area contributed by atoms with E-state index in [1.165, 1.54) is 5.56 Å². The molecule has 2 rings (SSSR count). The van der Waals surface area contributed by atoms with Crippen molar-refractivity contribution in [2.75, 3.05) is 14.2 Å². The molecule has 0 radical (unpaired) electrons. The van der Waals surface area contributed by atoms with Crippen LogP contribution in [0.1, 0.15) is 26.3 Å². The van der Waals surface area contributed by atoms with Crippen molar-refractivity contribution in [3.8, 4) is 22.6 Å². The van der Waals surface area contributed by atoms with Crippen LogP contribution in [0.15, 0.2) is 42.5 Å². The summed E-state index contributed by atoms with van der Waals surface area (Å²) in [6.07, 6.45) is 0. The minimum absolute atomic E-state index is 0.156. The van der Waals surface area contributed by atoms with Crippen molar-refractivity contribution in [3.05, 3.63) is 48.0 Å². The lowest BCUT2D eigenvalue weighted by Gasteiger charge is -2.20. The zero-order chi connectivity index (χ0) is 14.8. The van der Waals surface area contributed by atoms with E-state index in [4.69, 9.17) is 9.47 Å². The molecule has 0 N–H and O–H groups in total. The SMILES string of the molecule is COc1cccc(OC)c1-c1ccc(C(C)(C)C)cc1. The van der Waals surface area contributed by atoms with Crippen LogP contribution in [0.4, 0.5) is 0 Å². The number of hydrogen-bond acceptors (Lipinski definition) is 2. The van der Waals surface area contributed by atoms with Gasteiger partial charge in [0.05, 0.1) is 19.8 Å². The Morgan fingerprint density at radius 1 is 0.750 bits per heavy atom. The van der Waals surface area contributed by atoms with E-state index in [9.17, 15) is 0 Å². The number of methoxy groups -OCH3 is 2. The first-order valence-corrected chi connectivity index (χ1v) is 6.79. The molecule has 0 saturated heterocycles. The van der Waals surface area contributed by atoms with Crippen molar-refractivity contribution >= 4 is 0 Å². The lowest BCUT2D eigenvalue weighted by molar-refractivity contribution is 0.397. The molecule has 0 aliphatic heterocycles. The van der Waals surface area contributed by atoms with Crippen molar-refractivity contribution in [2.24, 2.45) is 0 Å². The van der Waals surface area contributed by atoms with Gasteiger partial charge in [0, 0.05) is 0 Å². The van der Waals surface area contributed by atoms with Crippen LogP contribution in [0, 0.1) is 0 Å². The molecule has 0 saturated carbocycles. The predicted molar refractivity (Wildman–Crippen MR) is 83.7 cm³/mol. The molecule has 0 fully saturated rings. The van der Waals surface area contributed by atoms with E-state index in [2.05, 4.69) is 45.0 Å². The Hall–Kier alpha value is -1.96. The van der Waals surface area contributed by atoms with Crippen molar-refractivity contribution in [1.29, 1.82) is 0 Å². The molecule has 0 aliphatic carbocycles. The number of hydrogen-bond donors (Lipinski definition) is 0. The molecule has 2 aromatic rings. The van der Waals surface area contributed by atoms with Crippen LogP contribution in [-0.4, -0.2) is 14.2 Å². The summed E-state index contributed by atoms with van der Waals surface area (Å²) in [4.78, 5) is 0. The maximum atomic E-state index is 5.46. The number of rotatable bonds is 3. The standard InChI is InChI=1S/C18H22O2/c1-18(2,3)14-11-9-13(10-12-14)17-15(19-4)7-6-8-16(17)20-5/h6-12H,1-5H3. The zero-order valence-electron chi connectivity index (χ0n) is 12.9. The van der Waals surface area contributed by atoms with E-state index in [-0.39, 0.29) is 5.41 Å². The van der Waals surface area contributed by atoms with Crippen molar-refractivity contribution in [1.82, 2.24) is 0 Å². The summed E-state index contributed by atoms with van der Waals surface area (Å²) >= 11 is 0. The fourth-order valence-corrected chi connectivity index (χ4v) is 2.27. The second-order valence-electron chi connectivity index (χ2n) is 5.86. The zero-order valence-corrected chi connectivity index (χ0v) is 12.9. The van der Waals surface area contributed by atoms with Gasteiger partial charge in [-0.2, -0.15) is 0 Å². The summed E-state index contributed by atoms with van der Waals surface area (Å²) in [5.41, 5.74) is 3.57. The van der Waals surface area contributed by atoms with Crippen LogP contribution >= 0.6 is 0 Å². The first-order valence-electron chi connectivity index (χ1n) is 6.79. The number of benzene rings is 2. The van der Waals surface area contributed by atoms with Crippen LogP contribution in [0.25, 0.3) is 11.1 Å². The average Bonchev–Trinajstić information content (AvgIpc) is 2.45. The summed E-state index contributed by atoms with van der Waals surface area (Å²) in [7, 11) is 3.36. The van der Waals surface area contributed by atoms with Gasteiger partial charge in [-0.15, -0.1) is 0 Å². The quantitative estimate of drug-likeness (QED) is 0.807. The topological polar surface area (TPSA) is 18.5 Å². The van der Waals surface area contributed by atoms with E-state index in [0.717, 1.165) is 22.6 Å². The van der Waals surface area contributed by atoms with Crippen LogP contribution < -0.4 is 9.47 Å². The smallest absolute Gasteiger partial charge is 0.130 e. The first-order chi connectivity index (χ1) is 9.47. The van der Waals surface area contributed by atoms with Gasteiger partial charge in [0.1, 0.15) is 11.5 Å². The highest BCUT2D eigenvalue weighted by molar-refractivity contribution is 5.77. The first kappa shape index (κ1) is 14.4. The molecule has 0 unspecified atom stereocenters. The summed E-state index contributed by atoms with van der Waals surface area (Å²) < 4.78 is 10.9. The summed E-state index contributed by atoms with van der Waals surface area (Å²) in [5.74, 6) is 1.65. The molecule has 0 bridgehead atoms. The summed E-state index contributed by atoms with van der Waals surface area (Å²) in [5, 5.41) is 0. The Balaban J connectivity index is 2.51. The van der Waals surface area contributed by atoms with Gasteiger partial charge in [-0.1, -0.05) is 51.1 Å². The largest absolute Gasteiger partial charge is 0.496 e. The molecule has 0 aliphatic rings. The minimum Gasteiger partial charge on any atom is -0.496 e. The second kappa shape index (κ2) is 5.58. The Morgan fingerprint density at radius 3 is 1.65 bits per heavy atom. The normalized spacial score (nSPS) is 11.2. The second-order valence-corrected chi connectivity index (χ2v) is 5.86. The molecule has 0 atom stereocenters. The third-order valence-electron chi connectivity index (χ3n) is 3.47. The Bertz CT molecular complexity index is 555. The predicted octanol–water partition coefficient (Wildman–Crippen LogP) is 4.67. The third-order valence-corrected chi connectivity index (χ3v) is 3.47. The molecule has 106 valence electrons. The van der Waals surface area contributed by atoms with Crippen LogP contribution in [-0.2, 0) is 5.41 Å². The van der Waals surface area contributed by atoms with Gasteiger partial charge in [-0.25, -0.2) is 0 Å². The molecule has 0 heterocycles.